The van der Waals surface area contributed by atoms with Crippen molar-refractivity contribution in [3.05, 3.63) is 35.9 Å². The van der Waals surface area contributed by atoms with E-state index in [0.717, 1.165) is 5.56 Å². The Bertz CT molecular complexity index is 420. The normalized spacial score (nSPS) is 13.6. The van der Waals surface area contributed by atoms with Crippen molar-refractivity contribution in [2.75, 3.05) is 0 Å². The van der Waals surface area contributed by atoms with Crippen LogP contribution in [-0.2, 0) is 16.0 Å². The van der Waals surface area contributed by atoms with Crippen LogP contribution >= 0.6 is 0 Å². The van der Waals surface area contributed by atoms with Crippen molar-refractivity contribution >= 4 is 11.9 Å². The minimum absolute atomic E-state index is 0.349. The molecule has 0 fully saturated rings. The zero-order chi connectivity index (χ0) is 14.3. The first kappa shape index (κ1) is 15.2. The fraction of sp³-hybridized carbons (Fsp3) is 0.429. The summed E-state index contributed by atoms with van der Waals surface area (Å²) in [6.07, 6.45) is 1.43. The number of hydrogen-bond donors (Lipinski definition) is 3. The minimum Gasteiger partial charge on any atom is -0.480 e. The van der Waals surface area contributed by atoms with Gasteiger partial charge in [-0.2, -0.15) is 0 Å². The summed E-state index contributed by atoms with van der Waals surface area (Å²) in [4.78, 5) is 22.7. The predicted molar refractivity (Wildman–Crippen MR) is 72.6 cm³/mol. The molecule has 2 atom stereocenters. The fourth-order valence-corrected chi connectivity index (χ4v) is 1.68. The van der Waals surface area contributed by atoms with Crippen LogP contribution in [0.15, 0.2) is 30.3 Å². The number of benzene rings is 1. The van der Waals surface area contributed by atoms with E-state index in [2.05, 4.69) is 5.32 Å². The first-order chi connectivity index (χ1) is 9.04. The third kappa shape index (κ3) is 5.09. The molecule has 0 radical (unpaired) electrons. The molecular weight excluding hydrogens is 244 g/mol. The molecule has 0 saturated heterocycles. The summed E-state index contributed by atoms with van der Waals surface area (Å²) < 4.78 is 0. The Labute approximate surface area is 112 Å². The highest BCUT2D eigenvalue weighted by atomic mass is 16.4. The maximum absolute atomic E-state index is 11.6. The van der Waals surface area contributed by atoms with E-state index in [1.54, 1.807) is 6.92 Å². The standard InChI is InChI=1S/C14H20N2O3/c1-2-11(15)13(17)16-12(14(18)19)9-8-10-6-4-3-5-7-10/h3-7,11-12H,2,8-9,15H2,1H3,(H,16,17)(H,18,19)/t11-,12?/m1/s1. The zero-order valence-corrected chi connectivity index (χ0v) is 11.0. The molecule has 1 aromatic rings. The number of carbonyl (C=O) groups is 2. The summed E-state index contributed by atoms with van der Waals surface area (Å²) in [5.41, 5.74) is 6.61. The number of nitrogens with two attached hydrogens (primary N) is 1. The summed E-state index contributed by atoms with van der Waals surface area (Å²) in [5.74, 6) is -1.45. The summed E-state index contributed by atoms with van der Waals surface area (Å²) in [7, 11) is 0. The van der Waals surface area contributed by atoms with Gasteiger partial charge in [-0.15, -0.1) is 0 Å². The summed E-state index contributed by atoms with van der Waals surface area (Å²) in [6.45, 7) is 1.78. The van der Waals surface area contributed by atoms with Gasteiger partial charge in [-0.3, -0.25) is 4.79 Å². The number of carbonyl (C=O) groups excluding carboxylic acids is 1. The Hall–Kier alpha value is -1.88. The fourth-order valence-electron chi connectivity index (χ4n) is 1.68. The molecule has 1 amide bonds. The van der Waals surface area contributed by atoms with Crippen LogP contribution in [0.4, 0.5) is 0 Å². The molecule has 104 valence electrons. The largest absolute Gasteiger partial charge is 0.480 e. The number of hydrogen-bond acceptors (Lipinski definition) is 3. The number of amides is 1. The highest BCUT2D eigenvalue weighted by Crippen LogP contribution is 2.05. The van der Waals surface area contributed by atoms with E-state index in [1.165, 1.54) is 0 Å². The number of rotatable bonds is 7. The highest BCUT2D eigenvalue weighted by Gasteiger charge is 2.22. The van der Waals surface area contributed by atoms with Gasteiger partial charge in [0.2, 0.25) is 5.91 Å². The zero-order valence-electron chi connectivity index (χ0n) is 11.0. The van der Waals surface area contributed by atoms with Crippen LogP contribution in [0.2, 0.25) is 0 Å². The predicted octanol–water partition coefficient (Wildman–Crippen LogP) is 0.926. The van der Waals surface area contributed by atoms with Gasteiger partial charge in [0.25, 0.3) is 0 Å². The lowest BCUT2D eigenvalue weighted by Crippen LogP contribution is -2.48. The lowest BCUT2D eigenvalue weighted by Gasteiger charge is -2.17. The Morgan fingerprint density at radius 1 is 1.32 bits per heavy atom. The van der Waals surface area contributed by atoms with Crippen LogP contribution in [0.3, 0.4) is 0 Å². The third-order valence-corrected chi connectivity index (χ3v) is 2.96. The van der Waals surface area contributed by atoms with Gasteiger partial charge in [0, 0.05) is 0 Å². The lowest BCUT2D eigenvalue weighted by molar-refractivity contribution is -0.142. The van der Waals surface area contributed by atoms with Crippen molar-refractivity contribution in [2.45, 2.75) is 38.3 Å². The van der Waals surface area contributed by atoms with E-state index >= 15 is 0 Å². The number of nitrogens with one attached hydrogen (secondary N) is 1. The van der Waals surface area contributed by atoms with Crippen LogP contribution in [0.1, 0.15) is 25.3 Å². The van der Waals surface area contributed by atoms with E-state index in [4.69, 9.17) is 10.8 Å². The molecule has 1 rings (SSSR count). The molecule has 0 aliphatic heterocycles. The third-order valence-electron chi connectivity index (χ3n) is 2.96. The van der Waals surface area contributed by atoms with Crippen molar-refractivity contribution in [3.8, 4) is 0 Å². The molecule has 1 unspecified atom stereocenters. The summed E-state index contributed by atoms with van der Waals surface area (Å²) in [5, 5.41) is 11.6. The molecule has 0 aliphatic carbocycles. The van der Waals surface area contributed by atoms with Crippen molar-refractivity contribution in [1.29, 1.82) is 0 Å². The van der Waals surface area contributed by atoms with E-state index in [9.17, 15) is 9.59 Å². The molecule has 0 aromatic heterocycles. The van der Waals surface area contributed by atoms with Gasteiger partial charge >= 0.3 is 5.97 Å². The van der Waals surface area contributed by atoms with E-state index in [0.29, 0.717) is 19.3 Å². The van der Waals surface area contributed by atoms with E-state index in [-0.39, 0.29) is 0 Å². The van der Waals surface area contributed by atoms with Gasteiger partial charge in [0.15, 0.2) is 0 Å². The van der Waals surface area contributed by atoms with Gasteiger partial charge in [0.05, 0.1) is 6.04 Å². The second kappa shape index (κ2) is 7.53. The summed E-state index contributed by atoms with van der Waals surface area (Å²) in [6, 6.07) is 8.01. The molecule has 5 nitrogen and oxygen atoms in total. The molecule has 0 saturated carbocycles. The Morgan fingerprint density at radius 3 is 2.47 bits per heavy atom. The SMILES string of the molecule is CC[C@@H](N)C(=O)NC(CCc1ccccc1)C(=O)O. The molecule has 19 heavy (non-hydrogen) atoms. The van der Waals surface area contributed by atoms with Crippen molar-refractivity contribution < 1.29 is 14.7 Å². The molecular formula is C14H20N2O3. The topological polar surface area (TPSA) is 92.4 Å². The summed E-state index contributed by atoms with van der Waals surface area (Å²) >= 11 is 0. The second-order valence-corrected chi connectivity index (χ2v) is 4.44. The van der Waals surface area contributed by atoms with Crippen LogP contribution in [0.5, 0.6) is 0 Å². The first-order valence-electron chi connectivity index (χ1n) is 6.37. The Balaban J connectivity index is 2.54. The molecule has 4 N–H and O–H groups in total. The molecule has 0 bridgehead atoms. The Morgan fingerprint density at radius 2 is 1.95 bits per heavy atom. The van der Waals surface area contributed by atoms with Crippen LogP contribution < -0.4 is 11.1 Å². The van der Waals surface area contributed by atoms with Crippen LogP contribution in [0.25, 0.3) is 0 Å². The molecule has 1 aromatic carbocycles. The molecule has 0 aliphatic rings. The second-order valence-electron chi connectivity index (χ2n) is 4.44. The average molecular weight is 264 g/mol. The van der Waals surface area contributed by atoms with Gasteiger partial charge in [0.1, 0.15) is 6.04 Å². The number of carboxylic acids is 1. The van der Waals surface area contributed by atoms with Gasteiger partial charge in [-0.05, 0) is 24.8 Å². The van der Waals surface area contributed by atoms with Gasteiger partial charge < -0.3 is 16.2 Å². The molecule has 0 spiro atoms. The number of aryl methyl sites for hydroxylation is 1. The maximum atomic E-state index is 11.6. The quantitative estimate of drug-likeness (QED) is 0.683. The lowest BCUT2D eigenvalue weighted by atomic mass is 10.0. The minimum atomic E-state index is -1.03. The van der Waals surface area contributed by atoms with Crippen molar-refractivity contribution in [3.63, 3.8) is 0 Å². The van der Waals surface area contributed by atoms with Crippen LogP contribution in [-0.4, -0.2) is 29.1 Å². The van der Waals surface area contributed by atoms with E-state index in [1.807, 2.05) is 30.3 Å². The molecule has 0 heterocycles. The Kier molecular flexibility index (Phi) is 6.02. The smallest absolute Gasteiger partial charge is 0.326 e. The van der Waals surface area contributed by atoms with Crippen LogP contribution in [0, 0.1) is 0 Å². The maximum Gasteiger partial charge on any atom is 0.326 e. The van der Waals surface area contributed by atoms with Crippen molar-refractivity contribution in [1.82, 2.24) is 5.32 Å². The number of carboxylic acid groups (broad SMARTS) is 1. The highest BCUT2D eigenvalue weighted by molar-refractivity contribution is 5.86. The first-order valence-corrected chi connectivity index (χ1v) is 6.37. The molecule has 5 heteroatoms. The monoisotopic (exact) mass is 264 g/mol. The van der Waals surface area contributed by atoms with E-state index < -0.39 is 24.0 Å². The number of aliphatic carboxylic acids is 1. The van der Waals surface area contributed by atoms with Crippen molar-refractivity contribution in [2.24, 2.45) is 5.73 Å². The average Bonchev–Trinajstić information content (AvgIpc) is 2.42. The van der Waals surface area contributed by atoms with Gasteiger partial charge in [-0.1, -0.05) is 37.3 Å². The van der Waals surface area contributed by atoms with Gasteiger partial charge in [-0.25, -0.2) is 4.79 Å².